The van der Waals surface area contributed by atoms with E-state index in [-0.39, 0.29) is 12.2 Å². The number of nitrogens with one attached hydrogen (secondary N) is 1. The van der Waals surface area contributed by atoms with Crippen LogP contribution >= 0.6 is 11.6 Å². The van der Waals surface area contributed by atoms with Crippen LogP contribution in [0.4, 0.5) is 5.69 Å². The van der Waals surface area contributed by atoms with Crippen LogP contribution in [0.2, 0.25) is 5.02 Å². The molecule has 0 saturated carbocycles. The van der Waals surface area contributed by atoms with Crippen LogP contribution < -0.4 is 15.8 Å². The molecule has 1 amide bonds. The molecule has 0 aliphatic carbocycles. The zero-order valence-corrected chi connectivity index (χ0v) is 18.7. The Morgan fingerprint density at radius 1 is 1.26 bits per heavy atom. The predicted molar refractivity (Wildman–Crippen MR) is 123 cm³/mol. The molecule has 7 nitrogen and oxygen atoms in total. The van der Waals surface area contributed by atoms with Gasteiger partial charge in [-0.2, -0.15) is 0 Å². The number of aryl methyl sites for hydroxylation is 1. The minimum Gasteiger partial charge on any atom is -0.501 e. The van der Waals surface area contributed by atoms with Crippen molar-refractivity contribution in [3.05, 3.63) is 74.7 Å². The summed E-state index contributed by atoms with van der Waals surface area (Å²) in [7, 11) is 3.45. The molecule has 31 heavy (non-hydrogen) atoms. The van der Waals surface area contributed by atoms with Crippen LogP contribution in [-0.4, -0.2) is 34.2 Å². The summed E-state index contributed by atoms with van der Waals surface area (Å²) in [5.74, 6) is -1.04. The van der Waals surface area contributed by atoms with E-state index < -0.39 is 17.2 Å². The summed E-state index contributed by atoms with van der Waals surface area (Å²) in [4.78, 5) is 31.8. The summed E-state index contributed by atoms with van der Waals surface area (Å²) < 4.78 is 1.24. The number of carbonyl (C=O) groups is 1. The highest BCUT2D eigenvalue weighted by Crippen LogP contribution is 2.29. The fourth-order valence-electron chi connectivity index (χ4n) is 3.17. The molecule has 0 aliphatic rings. The largest absolute Gasteiger partial charge is 0.501 e. The van der Waals surface area contributed by atoms with Gasteiger partial charge in [0.1, 0.15) is 5.82 Å². The van der Waals surface area contributed by atoms with Crippen molar-refractivity contribution in [1.82, 2.24) is 14.9 Å². The van der Waals surface area contributed by atoms with Crippen LogP contribution in [0.3, 0.4) is 0 Å². The molecule has 2 N–H and O–H groups in total. The van der Waals surface area contributed by atoms with Crippen LogP contribution in [0.5, 0.6) is 5.75 Å². The first-order valence-electron chi connectivity index (χ1n) is 9.88. The molecule has 3 aromatic rings. The van der Waals surface area contributed by atoms with Crippen molar-refractivity contribution in [2.45, 2.75) is 20.4 Å². The molecule has 0 radical (unpaired) electrons. The van der Waals surface area contributed by atoms with E-state index in [1.54, 1.807) is 6.07 Å². The smallest absolute Gasteiger partial charge is 0.296 e. The number of carbonyl (C=O) groups excluding carboxylic acids is 1. The fourth-order valence-corrected chi connectivity index (χ4v) is 3.37. The molecule has 0 aliphatic heterocycles. The Hall–Kier alpha value is -3.32. The predicted octanol–water partition coefficient (Wildman–Crippen LogP) is 3.50. The molecule has 2 aromatic carbocycles. The van der Waals surface area contributed by atoms with Crippen molar-refractivity contribution >= 4 is 23.2 Å². The van der Waals surface area contributed by atoms with E-state index >= 15 is 0 Å². The van der Waals surface area contributed by atoms with Crippen LogP contribution in [-0.2, 0) is 13.6 Å². The standard InChI is InChI=1S/C23H25ClN4O3/c1-5-27(3)18-9-7-6-8-16(18)21-26-19(20(29)23(31)28(21)4)22(30)25-13-15-11-10-14(2)17(24)12-15/h6-12,29H,5,13H2,1-4H3,(H,25,30). The normalized spacial score (nSPS) is 10.7. The third-order valence-electron chi connectivity index (χ3n) is 5.20. The zero-order chi connectivity index (χ0) is 22.7. The molecule has 0 spiro atoms. The Morgan fingerprint density at radius 3 is 2.65 bits per heavy atom. The number of rotatable bonds is 6. The van der Waals surface area contributed by atoms with Crippen molar-refractivity contribution in [2.24, 2.45) is 7.05 Å². The molecule has 0 unspecified atom stereocenters. The first-order valence-corrected chi connectivity index (χ1v) is 10.3. The fraction of sp³-hybridized carbons (Fsp3) is 0.261. The first kappa shape index (κ1) is 22.4. The molecule has 1 aromatic heterocycles. The second-order valence-corrected chi connectivity index (χ2v) is 7.70. The maximum absolute atomic E-state index is 12.8. The quantitative estimate of drug-likeness (QED) is 0.612. The first-order chi connectivity index (χ1) is 14.7. The average molecular weight is 441 g/mol. The Bertz CT molecular complexity index is 1190. The number of halogens is 1. The number of benzene rings is 2. The monoisotopic (exact) mass is 440 g/mol. The van der Waals surface area contributed by atoms with Gasteiger partial charge in [0.05, 0.1) is 0 Å². The number of amides is 1. The minimum absolute atomic E-state index is 0.180. The van der Waals surface area contributed by atoms with Crippen molar-refractivity contribution in [1.29, 1.82) is 0 Å². The van der Waals surface area contributed by atoms with E-state index in [2.05, 4.69) is 10.3 Å². The van der Waals surface area contributed by atoms with E-state index in [0.717, 1.165) is 23.4 Å². The van der Waals surface area contributed by atoms with Crippen LogP contribution in [0.25, 0.3) is 11.4 Å². The van der Waals surface area contributed by atoms with E-state index in [1.165, 1.54) is 11.6 Å². The van der Waals surface area contributed by atoms with Gasteiger partial charge in [-0.15, -0.1) is 0 Å². The maximum atomic E-state index is 12.8. The number of para-hydroxylation sites is 1. The number of hydrogen-bond acceptors (Lipinski definition) is 5. The van der Waals surface area contributed by atoms with Crippen molar-refractivity contribution in [2.75, 3.05) is 18.5 Å². The highest BCUT2D eigenvalue weighted by Gasteiger charge is 2.22. The van der Waals surface area contributed by atoms with Gasteiger partial charge in [-0.05, 0) is 43.2 Å². The molecule has 8 heteroatoms. The topological polar surface area (TPSA) is 87.5 Å². The van der Waals surface area contributed by atoms with Gasteiger partial charge in [-0.3, -0.25) is 14.2 Å². The molecular weight excluding hydrogens is 416 g/mol. The molecule has 0 fully saturated rings. The summed E-state index contributed by atoms with van der Waals surface area (Å²) in [6, 6.07) is 12.9. The van der Waals surface area contributed by atoms with E-state index in [1.807, 2.05) is 62.2 Å². The number of nitrogens with zero attached hydrogens (tertiary/aromatic N) is 3. The second-order valence-electron chi connectivity index (χ2n) is 7.29. The van der Waals surface area contributed by atoms with Gasteiger partial charge >= 0.3 is 0 Å². The Kier molecular flexibility index (Phi) is 6.65. The third-order valence-corrected chi connectivity index (χ3v) is 5.61. The second kappa shape index (κ2) is 9.22. The van der Waals surface area contributed by atoms with E-state index in [0.29, 0.717) is 16.4 Å². The van der Waals surface area contributed by atoms with Crippen LogP contribution in [0, 0.1) is 6.92 Å². The van der Waals surface area contributed by atoms with Gasteiger partial charge < -0.3 is 15.3 Å². The summed E-state index contributed by atoms with van der Waals surface area (Å²) >= 11 is 6.14. The summed E-state index contributed by atoms with van der Waals surface area (Å²) in [5.41, 5.74) is 2.27. The van der Waals surface area contributed by atoms with Gasteiger partial charge in [0.25, 0.3) is 11.5 Å². The van der Waals surface area contributed by atoms with E-state index in [9.17, 15) is 14.7 Å². The Morgan fingerprint density at radius 2 is 1.97 bits per heavy atom. The lowest BCUT2D eigenvalue weighted by Gasteiger charge is -2.21. The molecule has 162 valence electrons. The third kappa shape index (κ3) is 4.56. The lowest BCUT2D eigenvalue weighted by molar-refractivity contribution is 0.0942. The summed E-state index contributed by atoms with van der Waals surface area (Å²) in [6.45, 7) is 4.83. The summed E-state index contributed by atoms with van der Waals surface area (Å²) in [6.07, 6.45) is 0. The van der Waals surface area contributed by atoms with Crippen LogP contribution in [0.1, 0.15) is 28.5 Å². The Labute approximate surface area is 185 Å². The lowest BCUT2D eigenvalue weighted by Crippen LogP contribution is -2.29. The highest BCUT2D eigenvalue weighted by atomic mass is 35.5. The number of anilines is 1. The number of aromatic nitrogens is 2. The van der Waals surface area contributed by atoms with Gasteiger partial charge in [-0.1, -0.05) is 35.9 Å². The lowest BCUT2D eigenvalue weighted by atomic mass is 10.1. The van der Waals surface area contributed by atoms with Crippen LogP contribution in [0.15, 0.2) is 47.3 Å². The maximum Gasteiger partial charge on any atom is 0.296 e. The molecule has 0 bridgehead atoms. The molecule has 0 atom stereocenters. The summed E-state index contributed by atoms with van der Waals surface area (Å²) in [5, 5.41) is 13.6. The molecular formula is C23H25ClN4O3. The molecule has 3 rings (SSSR count). The highest BCUT2D eigenvalue weighted by molar-refractivity contribution is 6.31. The van der Waals surface area contributed by atoms with Crippen molar-refractivity contribution < 1.29 is 9.90 Å². The van der Waals surface area contributed by atoms with Crippen molar-refractivity contribution in [3.63, 3.8) is 0 Å². The Balaban J connectivity index is 1.99. The SMILES string of the molecule is CCN(C)c1ccccc1-c1nc(C(=O)NCc2ccc(C)c(Cl)c2)c(O)c(=O)n1C. The molecule has 0 saturated heterocycles. The number of aromatic hydroxyl groups is 1. The van der Waals surface area contributed by atoms with E-state index in [4.69, 9.17) is 11.6 Å². The van der Waals surface area contributed by atoms with Gasteiger partial charge in [-0.25, -0.2) is 4.98 Å². The van der Waals surface area contributed by atoms with Gasteiger partial charge in [0.15, 0.2) is 5.69 Å². The number of hydrogen-bond donors (Lipinski definition) is 2. The van der Waals surface area contributed by atoms with Crippen molar-refractivity contribution in [3.8, 4) is 17.1 Å². The van der Waals surface area contributed by atoms with Gasteiger partial charge in [0, 0.05) is 43.5 Å². The van der Waals surface area contributed by atoms with Gasteiger partial charge in [0.2, 0.25) is 5.75 Å². The zero-order valence-electron chi connectivity index (χ0n) is 17.9. The minimum atomic E-state index is -0.692. The molecule has 1 heterocycles. The average Bonchev–Trinajstić information content (AvgIpc) is 2.77.